The van der Waals surface area contributed by atoms with Gasteiger partial charge in [0.25, 0.3) is 0 Å². The zero-order valence-corrected chi connectivity index (χ0v) is 12.1. The third kappa shape index (κ3) is 1.97. The number of methoxy groups -OCH3 is 1. The van der Waals surface area contributed by atoms with Gasteiger partial charge in [-0.3, -0.25) is 0 Å². The smallest absolute Gasteiger partial charge is 0.122 e. The quantitative estimate of drug-likeness (QED) is 0.903. The molecule has 19 heavy (non-hydrogen) atoms. The second-order valence-electron chi connectivity index (χ2n) is 6.86. The molecule has 3 fully saturated rings. The minimum Gasteiger partial charge on any atom is -0.496 e. The Labute approximate surface area is 115 Å². The van der Waals surface area contributed by atoms with Gasteiger partial charge < -0.3 is 9.84 Å². The van der Waals surface area contributed by atoms with Crippen LogP contribution in [0.4, 0.5) is 0 Å². The van der Waals surface area contributed by atoms with Crippen LogP contribution in [0.15, 0.2) is 24.3 Å². The van der Waals surface area contributed by atoms with Crippen LogP contribution in [0.2, 0.25) is 0 Å². The van der Waals surface area contributed by atoms with E-state index >= 15 is 0 Å². The first-order valence-electron chi connectivity index (χ1n) is 7.34. The maximum atomic E-state index is 10.6. The molecule has 0 amide bonds. The maximum Gasteiger partial charge on any atom is 0.122 e. The van der Waals surface area contributed by atoms with Crippen molar-refractivity contribution in [1.82, 2.24) is 0 Å². The second-order valence-corrected chi connectivity index (χ2v) is 6.86. The third-order valence-corrected chi connectivity index (χ3v) is 5.70. The molecule has 2 heteroatoms. The Bertz CT molecular complexity index is 466. The van der Waals surface area contributed by atoms with Gasteiger partial charge in [-0.1, -0.05) is 32.0 Å². The summed E-state index contributed by atoms with van der Waals surface area (Å²) in [7, 11) is 1.72. The van der Waals surface area contributed by atoms with Crippen LogP contribution < -0.4 is 4.74 Å². The number of aliphatic hydroxyl groups is 1. The summed E-state index contributed by atoms with van der Waals surface area (Å²) in [5.41, 5.74) is 1.57. The van der Waals surface area contributed by atoms with Gasteiger partial charge >= 0.3 is 0 Å². The van der Waals surface area contributed by atoms with Gasteiger partial charge in [0.2, 0.25) is 0 Å². The molecule has 4 atom stereocenters. The van der Waals surface area contributed by atoms with E-state index in [1.54, 1.807) is 7.11 Å². The molecule has 1 aromatic rings. The lowest BCUT2D eigenvalue weighted by Gasteiger charge is -2.61. The van der Waals surface area contributed by atoms with Crippen LogP contribution in [0.1, 0.15) is 32.3 Å². The van der Waals surface area contributed by atoms with Crippen LogP contribution in [0, 0.1) is 23.2 Å². The zero-order chi connectivity index (χ0) is 13.6. The van der Waals surface area contributed by atoms with Crippen LogP contribution in [0.5, 0.6) is 5.75 Å². The predicted molar refractivity (Wildman–Crippen MR) is 76.2 cm³/mol. The van der Waals surface area contributed by atoms with Gasteiger partial charge in [-0.05, 0) is 54.1 Å². The summed E-state index contributed by atoms with van der Waals surface area (Å²) < 4.78 is 5.42. The molecule has 3 aliphatic rings. The monoisotopic (exact) mass is 260 g/mol. The fraction of sp³-hybridized carbons (Fsp3) is 0.647. The first kappa shape index (κ1) is 13.0. The normalized spacial score (nSPS) is 35.6. The number of hydrogen-bond acceptors (Lipinski definition) is 2. The summed E-state index contributed by atoms with van der Waals surface area (Å²) in [6.45, 7) is 4.63. The van der Waals surface area contributed by atoms with Gasteiger partial charge in [-0.25, -0.2) is 0 Å². The van der Waals surface area contributed by atoms with E-state index in [0.717, 1.165) is 24.5 Å². The van der Waals surface area contributed by atoms with Crippen molar-refractivity contribution in [2.24, 2.45) is 23.2 Å². The molecule has 0 radical (unpaired) electrons. The van der Waals surface area contributed by atoms with Gasteiger partial charge in [-0.15, -0.1) is 0 Å². The van der Waals surface area contributed by atoms with Crippen molar-refractivity contribution in [1.29, 1.82) is 0 Å². The number of hydrogen-bond donors (Lipinski definition) is 1. The second kappa shape index (κ2) is 4.52. The number of rotatable bonds is 3. The largest absolute Gasteiger partial charge is 0.496 e. The lowest BCUT2D eigenvalue weighted by molar-refractivity contribution is -0.169. The molecule has 0 aliphatic heterocycles. The highest BCUT2D eigenvalue weighted by Crippen LogP contribution is 2.61. The first-order valence-corrected chi connectivity index (χ1v) is 7.34. The lowest BCUT2D eigenvalue weighted by Crippen LogP contribution is -2.58. The van der Waals surface area contributed by atoms with E-state index < -0.39 is 0 Å². The van der Waals surface area contributed by atoms with E-state index in [2.05, 4.69) is 26.0 Å². The maximum absolute atomic E-state index is 10.6. The molecule has 0 heterocycles. The number of aliphatic hydroxyl groups excluding tert-OH is 1. The van der Waals surface area contributed by atoms with Crippen molar-refractivity contribution in [2.45, 2.75) is 39.2 Å². The molecule has 4 rings (SSSR count). The van der Waals surface area contributed by atoms with Gasteiger partial charge in [0, 0.05) is 0 Å². The predicted octanol–water partition coefficient (Wildman–Crippen LogP) is 3.28. The zero-order valence-electron chi connectivity index (χ0n) is 12.1. The molecule has 3 saturated carbocycles. The highest BCUT2D eigenvalue weighted by molar-refractivity contribution is 5.34. The Morgan fingerprint density at radius 3 is 2.63 bits per heavy atom. The Balaban J connectivity index is 1.75. The standard InChI is InChI=1S/C17H24O2/c1-17(2)13-9-12(16(18)14(17)10-13)8-11-6-4-5-7-15(11)19-3/h4-7,12-14,16,18H,8-10H2,1-3H3/t12-,13-,14-,16+/m0/s1. The fourth-order valence-corrected chi connectivity index (χ4v) is 4.23. The van der Waals surface area contributed by atoms with Crippen LogP contribution >= 0.6 is 0 Å². The number of para-hydroxylation sites is 1. The van der Waals surface area contributed by atoms with E-state index in [-0.39, 0.29) is 6.10 Å². The first-order chi connectivity index (χ1) is 9.04. The highest BCUT2D eigenvalue weighted by atomic mass is 16.5. The summed E-state index contributed by atoms with van der Waals surface area (Å²) >= 11 is 0. The lowest BCUT2D eigenvalue weighted by atomic mass is 9.45. The molecular formula is C17H24O2. The van der Waals surface area contributed by atoms with Gasteiger partial charge in [-0.2, -0.15) is 0 Å². The van der Waals surface area contributed by atoms with Crippen LogP contribution in [-0.2, 0) is 6.42 Å². The van der Waals surface area contributed by atoms with Crippen LogP contribution in [0.25, 0.3) is 0 Å². The molecule has 1 N–H and O–H groups in total. The van der Waals surface area contributed by atoms with Gasteiger partial charge in [0.15, 0.2) is 0 Å². The third-order valence-electron chi connectivity index (χ3n) is 5.70. The van der Waals surface area contributed by atoms with E-state index in [1.807, 2.05) is 12.1 Å². The summed E-state index contributed by atoms with van der Waals surface area (Å²) in [4.78, 5) is 0. The van der Waals surface area contributed by atoms with E-state index in [9.17, 15) is 5.11 Å². The van der Waals surface area contributed by atoms with Crippen molar-refractivity contribution in [3.63, 3.8) is 0 Å². The molecule has 2 nitrogen and oxygen atoms in total. The summed E-state index contributed by atoms with van der Waals surface area (Å²) in [6, 6.07) is 8.18. The minimum atomic E-state index is -0.148. The van der Waals surface area contributed by atoms with E-state index in [1.165, 1.54) is 12.0 Å². The molecule has 0 aromatic heterocycles. The number of ether oxygens (including phenoxy) is 1. The Hall–Kier alpha value is -1.02. The molecule has 0 spiro atoms. The van der Waals surface area contributed by atoms with Crippen molar-refractivity contribution in [2.75, 3.05) is 7.11 Å². The van der Waals surface area contributed by atoms with E-state index in [4.69, 9.17) is 4.74 Å². The number of benzene rings is 1. The minimum absolute atomic E-state index is 0.148. The van der Waals surface area contributed by atoms with Gasteiger partial charge in [0.1, 0.15) is 5.75 Å². The Kier molecular flexibility index (Phi) is 3.09. The van der Waals surface area contributed by atoms with Crippen LogP contribution in [0.3, 0.4) is 0 Å². The molecule has 0 saturated heterocycles. The molecular weight excluding hydrogens is 236 g/mol. The Morgan fingerprint density at radius 2 is 2.00 bits per heavy atom. The average Bonchev–Trinajstić information content (AvgIpc) is 2.41. The van der Waals surface area contributed by atoms with Gasteiger partial charge in [0.05, 0.1) is 13.2 Å². The molecule has 104 valence electrons. The molecule has 2 bridgehead atoms. The molecule has 1 aromatic carbocycles. The topological polar surface area (TPSA) is 29.5 Å². The molecule has 0 unspecified atom stereocenters. The average molecular weight is 260 g/mol. The molecule has 3 aliphatic carbocycles. The van der Waals surface area contributed by atoms with Crippen molar-refractivity contribution >= 4 is 0 Å². The Morgan fingerprint density at radius 1 is 1.26 bits per heavy atom. The fourth-order valence-electron chi connectivity index (χ4n) is 4.23. The van der Waals surface area contributed by atoms with Crippen molar-refractivity contribution in [3.8, 4) is 5.75 Å². The summed E-state index contributed by atoms with van der Waals surface area (Å²) in [5.74, 6) is 2.63. The van der Waals surface area contributed by atoms with Crippen LogP contribution in [-0.4, -0.2) is 18.3 Å². The summed E-state index contributed by atoms with van der Waals surface area (Å²) in [6.07, 6.45) is 3.16. The highest BCUT2D eigenvalue weighted by Gasteiger charge is 2.57. The van der Waals surface area contributed by atoms with E-state index in [0.29, 0.717) is 17.3 Å². The summed E-state index contributed by atoms with van der Waals surface area (Å²) in [5, 5.41) is 10.6. The number of fused-ring (bicyclic) bond motifs is 2. The van der Waals surface area contributed by atoms with Crippen molar-refractivity contribution in [3.05, 3.63) is 29.8 Å². The SMILES string of the molecule is COc1ccccc1C[C@H]1C[C@H]2C[C@@H]([C@@H]1O)C2(C)C. The van der Waals surface area contributed by atoms with Crippen molar-refractivity contribution < 1.29 is 9.84 Å².